The Morgan fingerprint density at radius 3 is 2.00 bits per heavy atom. The van der Waals surface area contributed by atoms with Crippen LogP contribution in [-0.4, -0.2) is 4.40 Å². The minimum atomic E-state index is -0.803. The third-order valence-corrected chi connectivity index (χ3v) is 6.21. The Bertz CT molecular complexity index is 1420. The van der Waals surface area contributed by atoms with Crippen molar-refractivity contribution in [3.63, 3.8) is 0 Å². The number of nitrogens with zero attached hydrogens (tertiary/aromatic N) is 1. The van der Waals surface area contributed by atoms with Crippen molar-refractivity contribution >= 4 is 5.52 Å². The van der Waals surface area contributed by atoms with E-state index in [0.29, 0.717) is 0 Å². The van der Waals surface area contributed by atoms with Crippen LogP contribution in [0.25, 0.3) is 16.6 Å². The maximum Gasteiger partial charge on any atom is 0.207 e. The van der Waals surface area contributed by atoms with Gasteiger partial charge in [-0.25, -0.2) is 0 Å². The first-order chi connectivity index (χ1) is 14.9. The quantitative estimate of drug-likeness (QED) is 0.307. The molecule has 2 aliphatic heterocycles. The highest BCUT2D eigenvalue weighted by atomic mass is 16.5. The summed E-state index contributed by atoms with van der Waals surface area (Å²) in [5, 5.41) is 0. The summed E-state index contributed by atoms with van der Waals surface area (Å²) < 4.78 is 15.6. The molecule has 0 radical (unpaired) electrons. The van der Waals surface area contributed by atoms with Gasteiger partial charge in [0.15, 0.2) is 0 Å². The number of hydrogen-bond donors (Lipinski definition) is 0. The topological polar surface area (TPSA) is 22.9 Å². The van der Waals surface area contributed by atoms with Crippen molar-refractivity contribution in [2.24, 2.45) is 0 Å². The van der Waals surface area contributed by atoms with Gasteiger partial charge in [-0.15, -0.1) is 0 Å². The zero-order valence-electron chi connectivity index (χ0n) is 16.1. The number of fused-ring (bicyclic) bond motifs is 10. The van der Waals surface area contributed by atoms with Crippen molar-refractivity contribution in [1.29, 1.82) is 0 Å². The first-order valence-electron chi connectivity index (χ1n) is 10.1. The van der Waals surface area contributed by atoms with Crippen LogP contribution >= 0.6 is 0 Å². The molecule has 0 amide bonds. The summed E-state index contributed by atoms with van der Waals surface area (Å²) in [6, 6.07) is 33.2. The van der Waals surface area contributed by atoms with Crippen molar-refractivity contribution in [1.82, 2.24) is 4.40 Å². The van der Waals surface area contributed by atoms with E-state index in [1.54, 1.807) is 0 Å². The molecule has 1 spiro atoms. The van der Waals surface area contributed by atoms with Gasteiger partial charge in [0.05, 0.1) is 5.69 Å². The Kier molecular flexibility index (Phi) is 2.94. The van der Waals surface area contributed by atoms with E-state index in [0.717, 1.165) is 45.1 Å². The molecule has 5 aromatic rings. The molecular weight excluding hydrogens is 370 g/mol. The lowest BCUT2D eigenvalue weighted by molar-refractivity contribution is 0.132. The highest BCUT2D eigenvalue weighted by Crippen LogP contribution is 2.58. The molecule has 0 fully saturated rings. The fourth-order valence-electron chi connectivity index (χ4n) is 5.00. The van der Waals surface area contributed by atoms with E-state index in [2.05, 4.69) is 77.3 Å². The van der Waals surface area contributed by atoms with Gasteiger partial charge in [0.25, 0.3) is 0 Å². The number of ether oxygens (including phenoxy) is 2. The van der Waals surface area contributed by atoms with Gasteiger partial charge in [-0.05, 0) is 36.4 Å². The molecule has 142 valence electrons. The van der Waals surface area contributed by atoms with Crippen LogP contribution in [0.5, 0.6) is 17.2 Å². The molecule has 3 heteroatoms. The molecule has 4 heterocycles. The average Bonchev–Trinajstić information content (AvgIpc) is 3.20. The Morgan fingerprint density at radius 1 is 0.600 bits per heavy atom. The van der Waals surface area contributed by atoms with Gasteiger partial charge in [-0.2, -0.15) is 0 Å². The van der Waals surface area contributed by atoms with Gasteiger partial charge in [-0.3, -0.25) is 0 Å². The Labute approximate surface area is 173 Å². The van der Waals surface area contributed by atoms with Gasteiger partial charge >= 0.3 is 0 Å². The smallest absolute Gasteiger partial charge is 0.207 e. The van der Waals surface area contributed by atoms with Crippen LogP contribution in [0.1, 0.15) is 16.8 Å². The molecule has 2 aromatic heterocycles. The molecule has 0 unspecified atom stereocenters. The summed E-state index contributed by atoms with van der Waals surface area (Å²) in [7, 11) is 0. The van der Waals surface area contributed by atoms with E-state index < -0.39 is 5.60 Å². The first-order valence-corrected chi connectivity index (χ1v) is 10.1. The number of hydrogen-bond acceptors (Lipinski definition) is 2. The summed E-state index contributed by atoms with van der Waals surface area (Å²) in [4.78, 5) is 0. The molecule has 0 saturated heterocycles. The van der Waals surface area contributed by atoms with Crippen molar-refractivity contribution in [2.75, 3.05) is 0 Å². The standard InChI is InChI=1S/C27H17NO2/c1-4-13-23-19(10-1)20-17-18-9-7-8-16-28(18)26(20)27(30-23)21-11-2-5-14-24(21)29-25-15-6-3-12-22(25)27/h1-17H. The molecular formula is C27H17NO2. The van der Waals surface area contributed by atoms with Crippen LogP contribution < -0.4 is 9.47 Å². The van der Waals surface area contributed by atoms with Gasteiger partial charge in [-0.1, -0.05) is 60.7 Å². The number of para-hydroxylation sites is 3. The van der Waals surface area contributed by atoms with Crippen molar-refractivity contribution in [2.45, 2.75) is 5.60 Å². The SMILES string of the molecule is c1ccc2c(c1)OC1(c3ccccc3Oc3ccccc31)c1c-2cc2ccccn12. The third kappa shape index (κ3) is 1.85. The predicted octanol–water partition coefficient (Wildman–Crippen LogP) is 6.40. The zero-order valence-corrected chi connectivity index (χ0v) is 16.1. The van der Waals surface area contributed by atoms with Crippen LogP contribution in [0.2, 0.25) is 0 Å². The molecule has 0 aliphatic carbocycles. The number of benzene rings is 3. The second kappa shape index (κ2) is 5.55. The van der Waals surface area contributed by atoms with Gasteiger partial charge in [0.1, 0.15) is 17.2 Å². The summed E-state index contributed by atoms with van der Waals surface area (Å²) in [6.45, 7) is 0. The van der Waals surface area contributed by atoms with E-state index >= 15 is 0 Å². The van der Waals surface area contributed by atoms with Crippen LogP contribution in [0.4, 0.5) is 0 Å². The lowest BCUT2D eigenvalue weighted by atomic mass is 9.76. The highest BCUT2D eigenvalue weighted by molar-refractivity contribution is 5.84. The Morgan fingerprint density at radius 2 is 1.23 bits per heavy atom. The van der Waals surface area contributed by atoms with E-state index in [4.69, 9.17) is 9.47 Å². The van der Waals surface area contributed by atoms with Gasteiger partial charge < -0.3 is 13.9 Å². The molecule has 0 N–H and O–H groups in total. The van der Waals surface area contributed by atoms with Crippen LogP contribution in [0.15, 0.2) is 103 Å². The summed E-state index contributed by atoms with van der Waals surface area (Å²) in [6.07, 6.45) is 2.12. The third-order valence-electron chi connectivity index (χ3n) is 6.21. The maximum atomic E-state index is 7.01. The fourth-order valence-corrected chi connectivity index (χ4v) is 5.00. The molecule has 0 atom stereocenters. The highest BCUT2D eigenvalue weighted by Gasteiger charge is 2.51. The van der Waals surface area contributed by atoms with E-state index in [1.807, 2.05) is 30.3 Å². The molecule has 3 aromatic carbocycles. The monoisotopic (exact) mass is 387 g/mol. The van der Waals surface area contributed by atoms with E-state index in [9.17, 15) is 0 Å². The largest absolute Gasteiger partial charge is 0.470 e. The number of aromatic nitrogens is 1. The lowest BCUT2D eigenvalue weighted by Crippen LogP contribution is -2.41. The molecule has 2 aliphatic rings. The molecule has 3 nitrogen and oxygen atoms in total. The first kappa shape index (κ1) is 15.9. The molecule has 0 bridgehead atoms. The van der Waals surface area contributed by atoms with E-state index in [-0.39, 0.29) is 0 Å². The van der Waals surface area contributed by atoms with Crippen LogP contribution in [0, 0.1) is 0 Å². The summed E-state index contributed by atoms with van der Waals surface area (Å²) in [5.74, 6) is 2.53. The zero-order chi connectivity index (χ0) is 19.7. The normalized spacial score (nSPS) is 14.8. The fraction of sp³-hybridized carbons (Fsp3) is 0.0370. The average molecular weight is 387 g/mol. The summed E-state index contributed by atoms with van der Waals surface area (Å²) in [5.41, 5.74) is 5.79. The van der Waals surface area contributed by atoms with Crippen LogP contribution in [0.3, 0.4) is 0 Å². The molecule has 7 rings (SSSR count). The lowest BCUT2D eigenvalue weighted by Gasteiger charge is -2.43. The van der Waals surface area contributed by atoms with Crippen LogP contribution in [-0.2, 0) is 5.60 Å². The molecule has 0 saturated carbocycles. The Hall–Kier alpha value is -3.98. The van der Waals surface area contributed by atoms with Gasteiger partial charge in [0, 0.05) is 34.0 Å². The second-order valence-electron chi connectivity index (χ2n) is 7.78. The Balaban J connectivity index is 1.71. The number of pyridine rings is 1. The van der Waals surface area contributed by atoms with Crippen molar-refractivity contribution in [3.05, 3.63) is 120 Å². The van der Waals surface area contributed by atoms with Crippen molar-refractivity contribution < 1.29 is 9.47 Å². The minimum absolute atomic E-state index is 0.803. The van der Waals surface area contributed by atoms with Gasteiger partial charge in [0.2, 0.25) is 5.60 Å². The summed E-state index contributed by atoms with van der Waals surface area (Å²) >= 11 is 0. The second-order valence-corrected chi connectivity index (χ2v) is 7.78. The maximum absolute atomic E-state index is 7.01. The number of rotatable bonds is 0. The predicted molar refractivity (Wildman–Crippen MR) is 116 cm³/mol. The molecule has 30 heavy (non-hydrogen) atoms. The van der Waals surface area contributed by atoms with E-state index in [1.165, 1.54) is 5.56 Å². The van der Waals surface area contributed by atoms with Crippen molar-refractivity contribution in [3.8, 4) is 28.4 Å². The minimum Gasteiger partial charge on any atom is -0.470 e.